The van der Waals surface area contributed by atoms with Gasteiger partial charge >= 0.3 is 0 Å². The third-order valence-electron chi connectivity index (χ3n) is 2.43. The van der Waals surface area contributed by atoms with Gasteiger partial charge in [0, 0.05) is 12.1 Å². The molecule has 0 aromatic carbocycles. The molecule has 0 aliphatic heterocycles. The van der Waals surface area contributed by atoms with Crippen LogP contribution in [-0.4, -0.2) is 10.9 Å². The first kappa shape index (κ1) is 9.19. The largest absolute Gasteiger partial charge is 0.310 e. The number of nitrogens with one attached hydrogen (secondary N) is 1. The van der Waals surface area contributed by atoms with Crippen molar-refractivity contribution in [3.05, 3.63) is 23.9 Å². The molecule has 2 rings (SSSR count). The van der Waals surface area contributed by atoms with Gasteiger partial charge in [0.25, 0.3) is 0 Å². The maximum Gasteiger partial charge on any atom is 0.228 e. The molecule has 1 aliphatic carbocycles. The standard InChI is InChI=1S/C11H14N2O/c1-2-8-3-6-10(12-7-8)13-11(14)9-4-5-9/h3,6-7,9H,2,4-5H2,1H3,(H,12,13,14). The van der Waals surface area contributed by atoms with Crippen LogP contribution in [0.4, 0.5) is 5.82 Å². The summed E-state index contributed by atoms with van der Waals surface area (Å²) in [5, 5.41) is 2.81. The number of hydrogen-bond acceptors (Lipinski definition) is 2. The van der Waals surface area contributed by atoms with E-state index in [4.69, 9.17) is 0 Å². The summed E-state index contributed by atoms with van der Waals surface area (Å²) >= 11 is 0. The molecule has 1 amide bonds. The van der Waals surface area contributed by atoms with Crippen LogP contribution in [0.3, 0.4) is 0 Å². The molecular formula is C11H14N2O. The highest BCUT2D eigenvalue weighted by Gasteiger charge is 2.29. The topological polar surface area (TPSA) is 42.0 Å². The van der Waals surface area contributed by atoms with E-state index in [9.17, 15) is 4.79 Å². The zero-order valence-electron chi connectivity index (χ0n) is 8.29. The van der Waals surface area contributed by atoms with Gasteiger partial charge in [-0.1, -0.05) is 13.0 Å². The maximum atomic E-state index is 11.4. The Labute approximate surface area is 83.5 Å². The number of rotatable bonds is 3. The lowest BCUT2D eigenvalue weighted by molar-refractivity contribution is -0.117. The lowest BCUT2D eigenvalue weighted by atomic mass is 10.2. The zero-order valence-corrected chi connectivity index (χ0v) is 8.29. The van der Waals surface area contributed by atoms with E-state index in [0.29, 0.717) is 5.82 Å². The van der Waals surface area contributed by atoms with Crippen molar-refractivity contribution in [1.82, 2.24) is 4.98 Å². The Balaban J connectivity index is 1.98. The first-order valence-corrected chi connectivity index (χ1v) is 5.05. The summed E-state index contributed by atoms with van der Waals surface area (Å²) in [6, 6.07) is 3.86. The summed E-state index contributed by atoms with van der Waals surface area (Å²) in [6.07, 6.45) is 4.84. The number of hydrogen-bond donors (Lipinski definition) is 1. The fourth-order valence-corrected chi connectivity index (χ4v) is 1.28. The molecule has 0 radical (unpaired) electrons. The molecule has 1 aromatic heterocycles. The first-order valence-electron chi connectivity index (χ1n) is 5.05. The number of aryl methyl sites for hydroxylation is 1. The van der Waals surface area contributed by atoms with E-state index in [-0.39, 0.29) is 11.8 Å². The maximum absolute atomic E-state index is 11.4. The Bertz CT molecular complexity index is 328. The third-order valence-corrected chi connectivity index (χ3v) is 2.43. The molecule has 0 spiro atoms. The highest BCUT2D eigenvalue weighted by molar-refractivity contribution is 5.93. The summed E-state index contributed by atoms with van der Waals surface area (Å²) in [4.78, 5) is 15.5. The number of amides is 1. The summed E-state index contributed by atoms with van der Waals surface area (Å²) in [6.45, 7) is 2.08. The summed E-state index contributed by atoms with van der Waals surface area (Å²) in [7, 11) is 0. The quantitative estimate of drug-likeness (QED) is 0.792. The second kappa shape index (κ2) is 3.78. The van der Waals surface area contributed by atoms with Gasteiger partial charge in [0.15, 0.2) is 0 Å². The van der Waals surface area contributed by atoms with Crippen LogP contribution in [0.5, 0.6) is 0 Å². The number of carbonyl (C=O) groups is 1. The Kier molecular flexibility index (Phi) is 2.48. The van der Waals surface area contributed by atoms with Gasteiger partial charge < -0.3 is 5.32 Å². The molecule has 1 fully saturated rings. The summed E-state index contributed by atoms with van der Waals surface area (Å²) < 4.78 is 0. The molecule has 74 valence electrons. The van der Waals surface area contributed by atoms with Gasteiger partial charge in [-0.15, -0.1) is 0 Å². The van der Waals surface area contributed by atoms with E-state index < -0.39 is 0 Å². The van der Waals surface area contributed by atoms with Crippen molar-refractivity contribution in [2.24, 2.45) is 5.92 Å². The Morgan fingerprint density at radius 2 is 2.36 bits per heavy atom. The van der Waals surface area contributed by atoms with Gasteiger partial charge in [-0.2, -0.15) is 0 Å². The van der Waals surface area contributed by atoms with Crippen LogP contribution < -0.4 is 5.32 Å². The van der Waals surface area contributed by atoms with Crippen LogP contribution in [0.1, 0.15) is 25.3 Å². The average Bonchev–Trinajstić information content (AvgIpc) is 3.02. The molecule has 1 saturated carbocycles. The van der Waals surface area contributed by atoms with Gasteiger partial charge in [-0.25, -0.2) is 4.98 Å². The fraction of sp³-hybridized carbons (Fsp3) is 0.455. The highest BCUT2D eigenvalue weighted by atomic mass is 16.2. The van der Waals surface area contributed by atoms with Crippen LogP contribution >= 0.6 is 0 Å². The minimum atomic E-state index is 0.113. The van der Waals surface area contributed by atoms with E-state index in [0.717, 1.165) is 19.3 Å². The van der Waals surface area contributed by atoms with E-state index in [1.165, 1.54) is 5.56 Å². The lowest BCUT2D eigenvalue weighted by Gasteiger charge is -2.03. The molecule has 1 aliphatic rings. The molecule has 0 saturated heterocycles. The lowest BCUT2D eigenvalue weighted by Crippen LogP contribution is -2.14. The Morgan fingerprint density at radius 1 is 1.57 bits per heavy atom. The molecule has 0 unspecified atom stereocenters. The van der Waals surface area contributed by atoms with E-state index >= 15 is 0 Å². The van der Waals surface area contributed by atoms with Crippen LogP contribution in [0.15, 0.2) is 18.3 Å². The van der Waals surface area contributed by atoms with E-state index in [2.05, 4.69) is 17.2 Å². The number of anilines is 1. The number of nitrogens with zero attached hydrogens (tertiary/aromatic N) is 1. The molecule has 3 heteroatoms. The van der Waals surface area contributed by atoms with E-state index in [1.807, 2.05) is 18.3 Å². The van der Waals surface area contributed by atoms with Crippen molar-refractivity contribution < 1.29 is 4.79 Å². The van der Waals surface area contributed by atoms with Gasteiger partial charge in [-0.3, -0.25) is 4.79 Å². The van der Waals surface area contributed by atoms with Crippen molar-refractivity contribution in [3.63, 3.8) is 0 Å². The van der Waals surface area contributed by atoms with Crippen molar-refractivity contribution in [1.29, 1.82) is 0 Å². The third kappa shape index (κ3) is 2.10. The fourth-order valence-electron chi connectivity index (χ4n) is 1.28. The predicted octanol–water partition coefficient (Wildman–Crippen LogP) is 1.99. The normalized spacial score (nSPS) is 15.2. The average molecular weight is 190 g/mol. The Hall–Kier alpha value is -1.38. The van der Waals surface area contributed by atoms with Gasteiger partial charge in [0.05, 0.1) is 0 Å². The molecule has 1 N–H and O–H groups in total. The van der Waals surface area contributed by atoms with E-state index in [1.54, 1.807) is 0 Å². The van der Waals surface area contributed by atoms with Gasteiger partial charge in [0.1, 0.15) is 5.82 Å². The molecule has 0 atom stereocenters. The minimum absolute atomic E-state index is 0.113. The monoisotopic (exact) mass is 190 g/mol. The molecule has 3 nitrogen and oxygen atoms in total. The second-order valence-corrected chi connectivity index (χ2v) is 3.67. The number of aromatic nitrogens is 1. The molecule has 14 heavy (non-hydrogen) atoms. The summed E-state index contributed by atoms with van der Waals surface area (Å²) in [5.74, 6) is 1.02. The molecule has 1 aromatic rings. The first-order chi connectivity index (χ1) is 6.79. The number of carbonyl (C=O) groups excluding carboxylic acids is 1. The van der Waals surface area contributed by atoms with Crippen LogP contribution in [-0.2, 0) is 11.2 Å². The van der Waals surface area contributed by atoms with Crippen molar-refractivity contribution in [3.8, 4) is 0 Å². The number of pyridine rings is 1. The SMILES string of the molecule is CCc1ccc(NC(=O)C2CC2)nc1. The van der Waals surface area contributed by atoms with Crippen LogP contribution in [0, 0.1) is 5.92 Å². The van der Waals surface area contributed by atoms with Crippen molar-refractivity contribution in [2.45, 2.75) is 26.2 Å². The summed E-state index contributed by atoms with van der Waals surface area (Å²) in [5.41, 5.74) is 1.19. The van der Waals surface area contributed by atoms with Crippen LogP contribution in [0.2, 0.25) is 0 Å². The van der Waals surface area contributed by atoms with Crippen LogP contribution in [0.25, 0.3) is 0 Å². The molecule has 0 bridgehead atoms. The predicted molar refractivity (Wildman–Crippen MR) is 55.0 cm³/mol. The van der Waals surface area contributed by atoms with Gasteiger partial charge in [-0.05, 0) is 30.9 Å². The highest BCUT2D eigenvalue weighted by Crippen LogP contribution is 2.29. The minimum Gasteiger partial charge on any atom is -0.310 e. The Morgan fingerprint density at radius 3 is 2.86 bits per heavy atom. The van der Waals surface area contributed by atoms with Crippen molar-refractivity contribution in [2.75, 3.05) is 5.32 Å². The zero-order chi connectivity index (χ0) is 9.97. The molecule has 1 heterocycles. The second-order valence-electron chi connectivity index (χ2n) is 3.67. The molecular weight excluding hydrogens is 176 g/mol. The smallest absolute Gasteiger partial charge is 0.228 e. The van der Waals surface area contributed by atoms with Gasteiger partial charge in [0.2, 0.25) is 5.91 Å². The van der Waals surface area contributed by atoms with Crippen molar-refractivity contribution >= 4 is 11.7 Å².